The van der Waals surface area contributed by atoms with E-state index in [1.54, 1.807) is 39.0 Å². The zero-order chi connectivity index (χ0) is 21.5. The smallest absolute Gasteiger partial charge is 0.356 e. The number of ether oxygens (including phenoxy) is 3. The summed E-state index contributed by atoms with van der Waals surface area (Å²) in [5, 5.41) is 0. The van der Waals surface area contributed by atoms with Crippen molar-refractivity contribution in [2.45, 2.75) is 51.8 Å². The Bertz CT molecular complexity index is 702. The van der Waals surface area contributed by atoms with E-state index in [0.717, 1.165) is 0 Å². The lowest BCUT2D eigenvalue weighted by molar-refractivity contribution is -0.176. The molecular weight excluding hydrogens is 367 g/mol. The molecule has 7 heteroatoms. The Labute approximate surface area is 164 Å². The van der Waals surface area contributed by atoms with Crippen LogP contribution < -0.4 is 0 Å². The first-order valence-electron chi connectivity index (χ1n) is 8.99. The molecule has 0 N–H and O–H groups in total. The van der Waals surface area contributed by atoms with Gasteiger partial charge in [0.15, 0.2) is 0 Å². The van der Waals surface area contributed by atoms with Gasteiger partial charge in [0.25, 0.3) is 0 Å². The highest BCUT2D eigenvalue weighted by Crippen LogP contribution is 2.40. The van der Waals surface area contributed by atoms with Crippen LogP contribution in [0.3, 0.4) is 0 Å². The Morgan fingerprint density at radius 1 is 1.00 bits per heavy atom. The van der Waals surface area contributed by atoms with E-state index in [0.29, 0.717) is 0 Å². The summed E-state index contributed by atoms with van der Waals surface area (Å²) in [6, 6.07) is 7.80. The molecule has 0 fully saturated rings. The van der Waals surface area contributed by atoms with E-state index in [1.807, 2.05) is 0 Å². The highest BCUT2D eigenvalue weighted by atomic mass is 19.1. The maximum absolute atomic E-state index is 16.1. The van der Waals surface area contributed by atoms with Crippen molar-refractivity contribution >= 4 is 17.9 Å². The SMILES string of the molecule is C=C(C(=O)OC(C)(C)C)[C@H](c1ccccc1)C(F)(C(=O)OCC)C(=O)OCC. The van der Waals surface area contributed by atoms with Gasteiger partial charge in [0.2, 0.25) is 0 Å². The summed E-state index contributed by atoms with van der Waals surface area (Å²) in [4.78, 5) is 37.6. The Balaban J connectivity index is 3.57. The molecule has 1 aromatic carbocycles. The molecule has 0 aliphatic rings. The van der Waals surface area contributed by atoms with Gasteiger partial charge in [0.1, 0.15) is 5.60 Å². The first-order chi connectivity index (χ1) is 13.0. The molecule has 1 aromatic rings. The van der Waals surface area contributed by atoms with Gasteiger partial charge in [-0.05, 0) is 40.2 Å². The molecule has 1 atom stereocenters. The third-order valence-electron chi connectivity index (χ3n) is 3.69. The molecule has 6 nitrogen and oxygen atoms in total. The van der Waals surface area contributed by atoms with Crippen molar-refractivity contribution in [3.63, 3.8) is 0 Å². The second kappa shape index (κ2) is 9.48. The fourth-order valence-corrected chi connectivity index (χ4v) is 2.57. The van der Waals surface area contributed by atoms with Crippen LogP contribution in [0.25, 0.3) is 0 Å². The Kier molecular flexibility index (Phi) is 7.90. The molecule has 154 valence electrons. The lowest BCUT2D eigenvalue weighted by Gasteiger charge is -2.31. The molecule has 0 spiro atoms. The number of benzene rings is 1. The molecular formula is C21H27FO6. The van der Waals surface area contributed by atoms with E-state index in [4.69, 9.17) is 14.2 Å². The molecule has 0 heterocycles. The summed E-state index contributed by atoms with van der Waals surface area (Å²) in [6.07, 6.45) is 0. The van der Waals surface area contributed by atoms with Crippen LogP contribution in [-0.2, 0) is 28.6 Å². The minimum Gasteiger partial charge on any atom is -0.463 e. The third-order valence-corrected chi connectivity index (χ3v) is 3.69. The number of halogens is 1. The van der Waals surface area contributed by atoms with Crippen molar-refractivity contribution in [3.05, 3.63) is 48.0 Å². The van der Waals surface area contributed by atoms with E-state index in [-0.39, 0.29) is 18.8 Å². The Hall–Kier alpha value is -2.70. The average molecular weight is 394 g/mol. The van der Waals surface area contributed by atoms with E-state index < -0.39 is 40.7 Å². The Morgan fingerprint density at radius 3 is 1.86 bits per heavy atom. The lowest BCUT2D eigenvalue weighted by Crippen LogP contribution is -2.51. The number of alkyl halides is 1. The highest BCUT2D eigenvalue weighted by molar-refractivity contribution is 6.07. The number of hydrogen-bond donors (Lipinski definition) is 0. The second-order valence-corrected chi connectivity index (χ2v) is 7.02. The maximum Gasteiger partial charge on any atom is 0.356 e. The molecule has 0 amide bonds. The van der Waals surface area contributed by atoms with Gasteiger partial charge in [-0.1, -0.05) is 36.9 Å². The monoisotopic (exact) mass is 394 g/mol. The third kappa shape index (κ3) is 5.41. The van der Waals surface area contributed by atoms with Gasteiger partial charge in [0.05, 0.1) is 19.1 Å². The summed E-state index contributed by atoms with van der Waals surface area (Å²) in [5.41, 5.74) is -4.40. The van der Waals surface area contributed by atoms with Crippen LogP contribution >= 0.6 is 0 Å². The summed E-state index contributed by atoms with van der Waals surface area (Å²) in [6.45, 7) is 11.2. The summed E-state index contributed by atoms with van der Waals surface area (Å²) in [7, 11) is 0. The van der Waals surface area contributed by atoms with Gasteiger partial charge in [-0.2, -0.15) is 0 Å². The van der Waals surface area contributed by atoms with Crippen LogP contribution in [0.1, 0.15) is 46.1 Å². The van der Waals surface area contributed by atoms with Crippen molar-refractivity contribution in [2.24, 2.45) is 0 Å². The highest BCUT2D eigenvalue weighted by Gasteiger charge is 2.59. The van der Waals surface area contributed by atoms with E-state index >= 15 is 4.39 Å². The molecule has 0 aliphatic heterocycles. The van der Waals surface area contributed by atoms with Crippen molar-refractivity contribution in [3.8, 4) is 0 Å². The van der Waals surface area contributed by atoms with Gasteiger partial charge in [0, 0.05) is 5.57 Å². The quantitative estimate of drug-likeness (QED) is 0.291. The predicted molar refractivity (Wildman–Crippen MR) is 101 cm³/mol. The van der Waals surface area contributed by atoms with Crippen LogP contribution in [0.4, 0.5) is 4.39 Å². The largest absolute Gasteiger partial charge is 0.463 e. The molecule has 0 saturated carbocycles. The summed E-state index contributed by atoms with van der Waals surface area (Å²) >= 11 is 0. The number of carbonyl (C=O) groups excluding carboxylic acids is 3. The number of rotatable bonds is 8. The number of hydrogen-bond acceptors (Lipinski definition) is 6. The molecule has 0 unspecified atom stereocenters. The van der Waals surface area contributed by atoms with Crippen molar-refractivity contribution < 1.29 is 33.0 Å². The molecule has 28 heavy (non-hydrogen) atoms. The number of esters is 3. The van der Waals surface area contributed by atoms with Crippen LogP contribution in [0.15, 0.2) is 42.5 Å². The number of carbonyl (C=O) groups is 3. The molecule has 1 rings (SSSR count). The summed E-state index contributed by atoms with van der Waals surface area (Å²) in [5.74, 6) is -5.52. The van der Waals surface area contributed by atoms with Crippen molar-refractivity contribution in [1.82, 2.24) is 0 Å². The minimum absolute atomic E-state index is 0.162. The van der Waals surface area contributed by atoms with Gasteiger partial charge in [-0.15, -0.1) is 0 Å². The maximum atomic E-state index is 16.1. The molecule has 0 aromatic heterocycles. The predicted octanol–water partition coefficient (Wildman–Crippen LogP) is 3.50. The van der Waals surface area contributed by atoms with Crippen LogP contribution in [0.2, 0.25) is 0 Å². The van der Waals surface area contributed by atoms with Gasteiger partial charge in [-0.3, -0.25) is 0 Å². The average Bonchev–Trinajstić information content (AvgIpc) is 2.61. The summed E-state index contributed by atoms with van der Waals surface area (Å²) < 4.78 is 31.0. The van der Waals surface area contributed by atoms with E-state index in [2.05, 4.69) is 6.58 Å². The van der Waals surface area contributed by atoms with Gasteiger partial charge < -0.3 is 14.2 Å². The van der Waals surface area contributed by atoms with E-state index in [1.165, 1.54) is 26.0 Å². The first-order valence-corrected chi connectivity index (χ1v) is 8.99. The molecule has 0 aliphatic carbocycles. The second-order valence-electron chi connectivity index (χ2n) is 7.02. The van der Waals surface area contributed by atoms with Crippen LogP contribution in [0, 0.1) is 0 Å². The zero-order valence-electron chi connectivity index (χ0n) is 16.9. The molecule has 0 bridgehead atoms. The minimum atomic E-state index is -3.30. The van der Waals surface area contributed by atoms with Crippen molar-refractivity contribution in [1.29, 1.82) is 0 Å². The van der Waals surface area contributed by atoms with Crippen LogP contribution in [0.5, 0.6) is 0 Å². The zero-order valence-corrected chi connectivity index (χ0v) is 16.9. The van der Waals surface area contributed by atoms with Gasteiger partial charge in [-0.25, -0.2) is 18.8 Å². The first kappa shape index (κ1) is 23.3. The van der Waals surface area contributed by atoms with E-state index in [9.17, 15) is 14.4 Å². The fourth-order valence-electron chi connectivity index (χ4n) is 2.57. The fraction of sp³-hybridized carbons (Fsp3) is 0.476. The molecule has 0 saturated heterocycles. The lowest BCUT2D eigenvalue weighted by atomic mass is 9.78. The van der Waals surface area contributed by atoms with Gasteiger partial charge >= 0.3 is 23.6 Å². The van der Waals surface area contributed by atoms with Crippen LogP contribution in [-0.4, -0.2) is 42.4 Å². The normalized spacial score (nSPS) is 12.6. The van der Waals surface area contributed by atoms with Crippen molar-refractivity contribution in [2.75, 3.05) is 13.2 Å². The topological polar surface area (TPSA) is 78.9 Å². The Morgan fingerprint density at radius 2 is 1.46 bits per heavy atom. The molecule has 0 radical (unpaired) electrons. The standard InChI is InChI=1S/C21H27FO6/c1-7-26-18(24)21(22,19(25)27-8-2)16(15-12-10-9-11-13-15)14(3)17(23)28-20(4,5)6/h9-13,16H,3,7-8H2,1-2,4-6H3/t16-/m1/s1.